The Morgan fingerprint density at radius 2 is 2.30 bits per heavy atom. The molecule has 2 heterocycles. The van der Waals surface area contributed by atoms with Crippen LogP contribution in [0, 0.1) is 6.92 Å². The number of nitrogens with one attached hydrogen (secondary N) is 1. The predicted octanol–water partition coefficient (Wildman–Crippen LogP) is 3.74. The zero-order valence-electron chi connectivity index (χ0n) is 12.6. The molecule has 5 heteroatoms. The van der Waals surface area contributed by atoms with Gasteiger partial charge in [-0.1, -0.05) is 6.92 Å². The highest BCUT2D eigenvalue weighted by atomic mass is 32.1. The smallest absolute Gasteiger partial charge is 0.185 e. The molecule has 0 bridgehead atoms. The third-order valence-electron chi connectivity index (χ3n) is 3.21. The van der Waals surface area contributed by atoms with Crippen molar-refractivity contribution in [2.45, 2.75) is 39.8 Å². The van der Waals surface area contributed by atoms with Crippen LogP contribution in [-0.4, -0.2) is 18.6 Å². The molecule has 20 heavy (non-hydrogen) atoms. The minimum atomic E-state index is 0.359. The fourth-order valence-electron chi connectivity index (χ4n) is 2.12. The van der Waals surface area contributed by atoms with Gasteiger partial charge in [0, 0.05) is 18.0 Å². The van der Waals surface area contributed by atoms with E-state index in [-0.39, 0.29) is 0 Å². The molecule has 0 amide bonds. The molecule has 0 saturated carbocycles. The Labute approximate surface area is 124 Å². The second kappa shape index (κ2) is 6.90. The molecule has 0 aliphatic heterocycles. The van der Waals surface area contributed by atoms with Gasteiger partial charge in [-0.2, -0.15) is 0 Å². The predicted molar refractivity (Wildman–Crippen MR) is 84.4 cm³/mol. The summed E-state index contributed by atoms with van der Waals surface area (Å²) in [6.45, 7) is 8.25. The van der Waals surface area contributed by atoms with Gasteiger partial charge in [-0.15, -0.1) is 11.3 Å². The van der Waals surface area contributed by atoms with Crippen LogP contribution in [-0.2, 0) is 6.54 Å². The first kappa shape index (κ1) is 15.1. The standard InChI is InChI=1S/C15H23N3OS/c1-5-8-16-11(2)14-12(3)17-15(20-14)18(4)10-13-7-6-9-19-13/h6-7,9,11,16H,5,8,10H2,1-4H3. The van der Waals surface area contributed by atoms with E-state index in [0.29, 0.717) is 6.04 Å². The van der Waals surface area contributed by atoms with Crippen LogP contribution >= 0.6 is 11.3 Å². The van der Waals surface area contributed by atoms with Crippen molar-refractivity contribution in [1.29, 1.82) is 0 Å². The molecule has 0 fully saturated rings. The van der Waals surface area contributed by atoms with E-state index in [0.717, 1.165) is 36.1 Å². The molecule has 0 saturated heterocycles. The van der Waals surface area contributed by atoms with Crippen molar-refractivity contribution in [1.82, 2.24) is 10.3 Å². The summed E-state index contributed by atoms with van der Waals surface area (Å²) in [6.07, 6.45) is 2.85. The minimum absolute atomic E-state index is 0.359. The number of anilines is 1. The Balaban J connectivity index is 2.05. The van der Waals surface area contributed by atoms with Crippen LogP contribution in [0.3, 0.4) is 0 Å². The van der Waals surface area contributed by atoms with Crippen LogP contribution in [0.15, 0.2) is 22.8 Å². The van der Waals surface area contributed by atoms with E-state index in [9.17, 15) is 0 Å². The van der Waals surface area contributed by atoms with Crippen LogP contribution in [0.2, 0.25) is 0 Å². The number of hydrogen-bond acceptors (Lipinski definition) is 5. The van der Waals surface area contributed by atoms with Crippen molar-refractivity contribution >= 4 is 16.5 Å². The second-order valence-corrected chi connectivity index (χ2v) is 6.07. The number of hydrogen-bond donors (Lipinski definition) is 1. The number of aryl methyl sites for hydroxylation is 1. The Morgan fingerprint density at radius 1 is 1.50 bits per heavy atom. The normalized spacial score (nSPS) is 12.6. The maximum absolute atomic E-state index is 5.39. The molecule has 2 aromatic rings. The topological polar surface area (TPSA) is 41.3 Å². The van der Waals surface area contributed by atoms with E-state index in [1.54, 1.807) is 17.6 Å². The first-order valence-corrected chi connectivity index (χ1v) is 7.87. The lowest BCUT2D eigenvalue weighted by molar-refractivity contribution is 0.507. The van der Waals surface area contributed by atoms with Gasteiger partial charge in [-0.25, -0.2) is 4.98 Å². The van der Waals surface area contributed by atoms with E-state index in [4.69, 9.17) is 4.42 Å². The molecule has 0 radical (unpaired) electrons. The van der Waals surface area contributed by atoms with Gasteiger partial charge >= 0.3 is 0 Å². The molecule has 1 atom stereocenters. The summed E-state index contributed by atoms with van der Waals surface area (Å²) < 4.78 is 5.39. The van der Waals surface area contributed by atoms with Gasteiger partial charge in [-0.3, -0.25) is 0 Å². The van der Waals surface area contributed by atoms with E-state index < -0.39 is 0 Å². The van der Waals surface area contributed by atoms with Gasteiger partial charge in [0.05, 0.1) is 18.5 Å². The second-order valence-electron chi connectivity index (χ2n) is 5.06. The van der Waals surface area contributed by atoms with E-state index in [2.05, 4.69) is 43.0 Å². The van der Waals surface area contributed by atoms with E-state index >= 15 is 0 Å². The van der Waals surface area contributed by atoms with Crippen molar-refractivity contribution in [2.75, 3.05) is 18.5 Å². The maximum Gasteiger partial charge on any atom is 0.185 e. The zero-order valence-corrected chi connectivity index (χ0v) is 13.5. The molecule has 0 aliphatic rings. The average molecular weight is 293 g/mol. The summed E-state index contributed by atoms with van der Waals surface area (Å²) in [5, 5.41) is 4.56. The summed E-state index contributed by atoms with van der Waals surface area (Å²) in [5.74, 6) is 0.957. The Kier molecular flexibility index (Phi) is 5.20. The summed E-state index contributed by atoms with van der Waals surface area (Å²) in [7, 11) is 2.05. The van der Waals surface area contributed by atoms with E-state index in [1.807, 2.05) is 12.1 Å². The van der Waals surface area contributed by atoms with Crippen molar-refractivity contribution in [3.63, 3.8) is 0 Å². The van der Waals surface area contributed by atoms with Gasteiger partial charge in [0.2, 0.25) is 0 Å². The third-order valence-corrected chi connectivity index (χ3v) is 4.67. The Hall–Kier alpha value is -1.33. The van der Waals surface area contributed by atoms with Gasteiger partial charge in [0.1, 0.15) is 5.76 Å². The van der Waals surface area contributed by atoms with Crippen LogP contribution in [0.25, 0.3) is 0 Å². The van der Waals surface area contributed by atoms with Crippen molar-refractivity contribution in [3.8, 4) is 0 Å². The number of nitrogens with zero attached hydrogens (tertiary/aromatic N) is 2. The van der Waals surface area contributed by atoms with Crippen molar-refractivity contribution in [2.24, 2.45) is 0 Å². The lowest BCUT2D eigenvalue weighted by Crippen LogP contribution is -2.18. The summed E-state index contributed by atoms with van der Waals surface area (Å²) in [5.41, 5.74) is 1.12. The highest BCUT2D eigenvalue weighted by molar-refractivity contribution is 7.15. The minimum Gasteiger partial charge on any atom is -0.467 e. The average Bonchev–Trinajstić information content (AvgIpc) is 3.05. The molecule has 2 rings (SSSR count). The summed E-state index contributed by atoms with van der Waals surface area (Å²) >= 11 is 1.76. The highest BCUT2D eigenvalue weighted by Crippen LogP contribution is 2.30. The molecule has 2 aromatic heterocycles. The number of rotatable bonds is 7. The first-order chi connectivity index (χ1) is 9.61. The molecule has 110 valence electrons. The van der Waals surface area contributed by atoms with Gasteiger partial charge in [0.15, 0.2) is 5.13 Å². The molecule has 1 N–H and O–H groups in total. The molecule has 0 spiro atoms. The lowest BCUT2D eigenvalue weighted by Gasteiger charge is -2.14. The lowest BCUT2D eigenvalue weighted by atomic mass is 10.2. The van der Waals surface area contributed by atoms with Crippen LogP contribution in [0.1, 0.15) is 42.6 Å². The van der Waals surface area contributed by atoms with Crippen molar-refractivity contribution in [3.05, 3.63) is 34.7 Å². The zero-order chi connectivity index (χ0) is 14.5. The molecular formula is C15H23N3OS. The van der Waals surface area contributed by atoms with Gasteiger partial charge in [0.25, 0.3) is 0 Å². The summed E-state index contributed by atoms with van der Waals surface area (Å²) in [4.78, 5) is 8.13. The SMILES string of the molecule is CCCNC(C)c1sc(N(C)Cc2ccco2)nc1C. The monoisotopic (exact) mass is 293 g/mol. The van der Waals surface area contributed by atoms with Gasteiger partial charge < -0.3 is 14.6 Å². The van der Waals surface area contributed by atoms with Crippen LogP contribution in [0.5, 0.6) is 0 Å². The summed E-state index contributed by atoms with van der Waals surface area (Å²) in [6, 6.07) is 4.26. The number of furan rings is 1. The van der Waals surface area contributed by atoms with Crippen LogP contribution in [0.4, 0.5) is 5.13 Å². The molecule has 0 aliphatic carbocycles. The Bertz CT molecular complexity index is 521. The fourth-order valence-corrected chi connectivity index (χ4v) is 3.17. The maximum atomic E-state index is 5.39. The quantitative estimate of drug-likeness (QED) is 0.844. The third kappa shape index (κ3) is 3.61. The molecule has 1 unspecified atom stereocenters. The van der Waals surface area contributed by atoms with Crippen molar-refractivity contribution < 1.29 is 4.42 Å². The fraction of sp³-hybridized carbons (Fsp3) is 0.533. The van der Waals surface area contributed by atoms with E-state index in [1.165, 1.54) is 4.88 Å². The molecule has 4 nitrogen and oxygen atoms in total. The first-order valence-electron chi connectivity index (χ1n) is 7.06. The Morgan fingerprint density at radius 3 is 2.95 bits per heavy atom. The largest absolute Gasteiger partial charge is 0.467 e. The molecule has 0 aromatic carbocycles. The molecular weight excluding hydrogens is 270 g/mol. The highest BCUT2D eigenvalue weighted by Gasteiger charge is 2.16. The van der Waals surface area contributed by atoms with Crippen LogP contribution < -0.4 is 10.2 Å². The number of thiazole rings is 1. The van der Waals surface area contributed by atoms with Gasteiger partial charge in [-0.05, 0) is 38.9 Å². The number of aromatic nitrogens is 1.